The van der Waals surface area contributed by atoms with Gasteiger partial charge in [0.1, 0.15) is 0 Å². The van der Waals surface area contributed by atoms with Crippen LogP contribution in [0.25, 0.3) is 6.08 Å². The standard InChI is InChI=1S/C20H28N2O4/c1-3-12-26-17-9-7-15(13-18(17)25-4-2)8-10-19(23)22-11-5-6-16(14-22)20(21)24/h7-10,13,16H,3-6,11-12,14H2,1-2H3,(H2,21,24). The number of likely N-dealkylation sites (tertiary alicyclic amines) is 1. The summed E-state index contributed by atoms with van der Waals surface area (Å²) in [6.07, 6.45) is 5.75. The molecule has 6 heteroatoms. The van der Waals surface area contributed by atoms with Crippen molar-refractivity contribution in [1.82, 2.24) is 4.90 Å². The molecule has 1 atom stereocenters. The van der Waals surface area contributed by atoms with Crippen LogP contribution in [0.5, 0.6) is 11.5 Å². The molecule has 1 unspecified atom stereocenters. The van der Waals surface area contributed by atoms with E-state index in [1.165, 1.54) is 6.08 Å². The molecule has 2 N–H and O–H groups in total. The molecule has 0 bridgehead atoms. The lowest BCUT2D eigenvalue weighted by molar-refractivity contribution is -0.130. The van der Waals surface area contributed by atoms with Crippen molar-refractivity contribution < 1.29 is 19.1 Å². The summed E-state index contributed by atoms with van der Waals surface area (Å²) in [6, 6.07) is 5.61. The second-order valence-electron chi connectivity index (χ2n) is 6.35. The number of amides is 2. The van der Waals surface area contributed by atoms with E-state index in [1.54, 1.807) is 11.0 Å². The van der Waals surface area contributed by atoms with Gasteiger partial charge in [-0.2, -0.15) is 0 Å². The molecular formula is C20H28N2O4. The highest BCUT2D eigenvalue weighted by atomic mass is 16.5. The Morgan fingerprint density at radius 1 is 1.27 bits per heavy atom. The average molecular weight is 360 g/mol. The first-order chi connectivity index (χ1) is 12.5. The highest BCUT2D eigenvalue weighted by molar-refractivity contribution is 5.92. The third-order valence-electron chi connectivity index (χ3n) is 4.28. The number of rotatable bonds is 8. The van der Waals surface area contributed by atoms with Crippen LogP contribution in [0.3, 0.4) is 0 Å². The molecule has 1 aromatic rings. The topological polar surface area (TPSA) is 81.9 Å². The number of nitrogens with two attached hydrogens (primary N) is 1. The Labute approximate surface area is 154 Å². The highest BCUT2D eigenvalue weighted by Gasteiger charge is 2.25. The molecule has 2 rings (SSSR count). The largest absolute Gasteiger partial charge is 0.490 e. The summed E-state index contributed by atoms with van der Waals surface area (Å²) >= 11 is 0. The summed E-state index contributed by atoms with van der Waals surface area (Å²) in [6.45, 7) is 6.18. The number of hydrogen-bond acceptors (Lipinski definition) is 4. The van der Waals surface area contributed by atoms with Gasteiger partial charge in [-0.1, -0.05) is 13.0 Å². The molecular weight excluding hydrogens is 332 g/mol. The molecule has 0 radical (unpaired) electrons. The summed E-state index contributed by atoms with van der Waals surface area (Å²) in [5.74, 6) is 0.677. The van der Waals surface area contributed by atoms with Crippen molar-refractivity contribution in [1.29, 1.82) is 0 Å². The Kier molecular flexibility index (Phi) is 7.51. The SMILES string of the molecule is CCCOc1ccc(C=CC(=O)N2CCCC(C(N)=O)C2)cc1OCC. The van der Waals surface area contributed by atoms with Crippen molar-refractivity contribution in [2.75, 3.05) is 26.3 Å². The van der Waals surface area contributed by atoms with Crippen LogP contribution in [0.4, 0.5) is 0 Å². The molecule has 1 fully saturated rings. The number of piperidine rings is 1. The molecule has 1 aliphatic rings. The average Bonchev–Trinajstić information content (AvgIpc) is 2.65. The quantitative estimate of drug-likeness (QED) is 0.723. The van der Waals surface area contributed by atoms with E-state index in [0.717, 1.165) is 24.8 Å². The lowest BCUT2D eigenvalue weighted by Gasteiger charge is -2.30. The molecule has 0 aromatic heterocycles. The van der Waals surface area contributed by atoms with Crippen molar-refractivity contribution in [3.63, 3.8) is 0 Å². The van der Waals surface area contributed by atoms with Gasteiger partial charge in [0.15, 0.2) is 11.5 Å². The fraction of sp³-hybridized carbons (Fsp3) is 0.500. The van der Waals surface area contributed by atoms with Crippen LogP contribution < -0.4 is 15.2 Å². The van der Waals surface area contributed by atoms with E-state index < -0.39 is 0 Å². The van der Waals surface area contributed by atoms with E-state index in [4.69, 9.17) is 15.2 Å². The second kappa shape index (κ2) is 9.85. The molecule has 26 heavy (non-hydrogen) atoms. The maximum absolute atomic E-state index is 12.4. The van der Waals surface area contributed by atoms with E-state index in [9.17, 15) is 9.59 Å². The van der Waals surface area contributed by atoms with Crippen LogP contribution in [-0.4, -0.2) is 43.0 Å². The zero-order chi connectivity index (χ0) is 18.9. The molecule has 6 nitrogen and oxygen atoms in total. The summed E-state index contributed by atoms with van der Waals surface area (Å²) in [5, 5.41) is 0. The van der Waals surface area contributed by atoms with E-state index in [1.807, 2.05) is 32.0 Å². The Balaban J connectivity index is 2.05. The third kappa shape index (κ3) is 5.51. The molecule has 142 valence electrons. The normalized spacial score (nSPS) is 17.3. The van der Waals surface area contributed by atoms with Crippen LogP contribution in [0.15, 0.2) is 24.3 Å². The van der Waals surface area contributed by atoms with Gasteiger partial charge in [0.25, 0.3) is 0 Å². The van der Waals surface area contributed by atoms with Gasteiger partial charge in [0, 0.05) is 19.2 Å². The van der Waals surface area contributed by atoms with E-state index in [2.05, 4.69) is 0 Å². The highest BCUT2D eigenvalue weighted by Crippen LogP contribution is 2.29. The van der Waals surface area contributed by atoms with Crippen molar-refractivity contribution in [2.24, 2.45) is 11.7 Å². The van der Waals surface area contributed by atoms with Gasteiger partial charge in [-0.15, -0.1) is 0 Å². The molecule has 1 saturated heterocycles. The Morgan fingerprint density at radius 3 is 2.77 bits per heavy atom. The maximum Gasteiger partial charge on any atom is 0.246 e. The molecule has 0 saturated carbocycles. The predicted octanol–water partition coefficient (Wildman–Crippen LogP) is 2.61. The van der Waals surface area contributed by atoms with Gasteiger partial charge in [0.05, 0.1) is 19.1 Å². The molecule has 2 amide bonds. The smallest absolute Gasteiger partial charge is 0.246 e. The number of nitrogens with zero attached hydrogens (tertiary/aromatic N) is 1. The summed E-state index contributed by atoms with van der Waals surface area (Å²) < 4.78 is 11.3. The number of primary amides is 1. The number of hydrogen-bond donors (Lipinski definition) is 1. The first kappa shape index (κ1) is 19.8. The fourth-order valence-electron chi connectivity index (χ4n) is 2.91. The van der Waals surface area contributed by atoms with Crippen molar-refractivity contribution in [2.45, 2.75) is 33.1 Å². The molecule has 0 spiro atoms. The molecule has 1 aliphatic heterocycles. The molecule has 0 aliphatic carbocycles. The zero-order valence-electron chi connectivity index (χ0n) is 15.6. The Bertz CT molecular complexity index is 657. The minimum Gasteiger partial charge on any atom is -0.490 e. The minimum absolute atomic E-state index is 0.111. The van der Waals surface area contributed by atoms with Gasteiger partial charge < -0.3 is 20.1 Å². The van der Waals surface area contributed by atoms with E-state index in [-0.39, 0.29) is 17.7 Å². The van der Waals surface area contributed by atoms with Crippen LogP contribution in [-0.2, 0) is 9.59 Å². The monoisotopic (exact) mass is 360 g/mol. The van der Waals surface area contributed by atoms with Crippen LogP contribution >= 0.6 is 0 Å². The van der Waals surface area contributed by atoms with Crippen molar-refractivity contribution in [3.05, 3.63) is 29.8 Å². The van der Waals surface area contributed by atoms with Gasteiger partial charge in [0.2, 0.25) is 11.8 Å². The van der Waals surface area contributed by atoms with Gasteiger partial charge in [-0.3, -0.25) is 9.59 Å². The van der Waals surface area contributed by atoms with E-state index in [0.29, 0.717) is 37.8 Å². The fourth-order valence-corrected chi connectivity index (χ4v) is 2.91. The minimum atomic E-state index is -0.337. The molecule has 1 heterocycles. The third-order valence-corrected chi connectivity index (χ3v) is 4.28. The first-order valence-corrected chi connectivity index (χ1v) is 9.21. The number of ether oxygens (including phenoxy) is 2. The van der Waals surface area contributed by atoms with Crippen LogP contribution in [0.2, 0.25) is 0 Å². The lowest BCUT2D eigenvalue weighted by atomic mass is 9.97. The second-order valence-corrected chi connectivity index (χ2v) is 6.35. The lowest BCUT2D eigenvalue weighted by Crippen LogP contribution is -2.43. The van der Waals surface area contributed by atoms with Gasteiger partial charge >= 0.3 is 0 Å². The maximum atomic E-state index is 12.4. The summed E-state index contributed by atoms with van der Waals surface area (Å²) in [4.78, 5) is 25.4. The van der Waals surface area contributed by atoms with Crippen molar-refractivity contribution in [3.8, 4) is 11.5 Å². The Morgan fingerprint density at radius 2 is 2.08 bits per heavy atom. The number of carbonyl (C=O) groups is 2. The summed E-state index contributed by atoms with van der Waals surface area (Å²) in [7, 11) is 0. The predicted molar refractivity (Wildman–Crippen MR) is 101 cm³/mol. The first-order valence-electron chi connectivity index (χ1n) is 9.21. The Hall–Kier alpha value is -2.50. The molecule has 1 aromatic carbocycles. The van der Waals surface area contributed by atoms with Crippen LogP contribution in [0, 0.1) is 5.92 Å². The van der Waals surface area contributed by atoms with Crippen LogP contribution in [0.1, 0.15) is 38.7 Å². The zero-order valence-corrected chi connectivity index (χ0v) is 15.6. The van der Waals surface area contributed by atoms with Gasteiger partial charge in [-0.05, 0) is 50.0 Å². The number of carbonyl (C=O) groups excluding carboxylic acids is 2. The van der Waals surface area contributed by atoms with Gasteiger partial charge in [-0.25, -0.2) is 0 Å². The van der Waals surface area contributed by atoms with Crippen molar-refractivity contribution >= 4 is 17.9 Å². The summed E-state index contributed by atoms with van der Waals surface area (Å²) in [5.41, 5.74) is 6.22. The van der Waals surface area contributed by atoms with E-state index >= 15 is 0 Å². The number of benzene rings is 1.